The Labute approximate surface area is 159 Å². The average Bonchev–Trinajstić information content (AvgIpc) is 2.69. The molecule has 0 aliphatic heterocycles. The number of benzene rings is 2. The van der Waals surface area contributed by atoms with Gasteiger partial charge in [0.05, 0.1) is 13.0 Å². The molecule has 0 N–H and O–H groups in total. The monoisotopic (exact) mass is 368 g/mol. The number of rotatable bonds is 10. The van der Waals surface area contributed by atoms with Crippen LogP contribution in [0.1, 0.15) is 52.5 Å². The minimum atomic E-state index is -0.563. The first-order chi connectivity index (χ1) is 13.0. The molecule has 5 nitrogen and oxygen atoms in total. The van der Waals surface area contributed by atoms with Gasteiger partial charge in [-0.25, -0.2) is 0 Å². The van der Waals surface area contributed by atoms with E-state index in [0.29, 0.717) is 23.5 Å². The van der Waals surface area contributed by atoms with Crippen molar-refractivity contribution in [2.75, 3.05) is 13.2 Å². The summed E-state index contributed by atoms with van der Waals surface area (Å²) < 4.78 is 10.4. The van der Waals surface area contributed by atoms with Crippen molar-refractivity contribution in [1.29, 1.82) is 0 Å². The van der Waals surface area contributed by atoms with E-state index in [1.54, 1.807) is 36.4 Å². The minimum absolute atomic E-state index is 0.0344. The summed E-state index contributed by atoms with van der Waals surface area (Å²) >= 11 is 0. The summed E-state index contributed by atoms with van der Waals surface area (Å²) in [6.07, 6.45) is 0.885. The summed E-state index contributed by atoms with van der Waals surface area (Å²) in [5.74, 6) is -0.273. The van der Waals surface area contributed by atoms with Gasteiger partial charge in [-0.05, 0) is 37.6 Å². The maximum Gasteiger partial charge on any atom is 0.306 e. The molecule has 0 radical (unpaired) electrons. The Balaban J connectivity index is 1.75. The van der Waals surface area contributed by atoms with Crippen molar-refractivity contribution in [3.63, 3.8) is 0 Å². The van der Waals surface area contributed by atoms with E-state index in [2.05, 4.69) is 0 Å². The Kier molecular flexibility index (Phi) is 7.74. The van der Waals surface area contributed by atoms with Gasteiger partial charge in [0.1, 0.15) is 5.75 Å². The van der Waals surface area contributed by atoms with Gasteiger partial charge in [0.25, 0.3) is 0 Å². The molecule has 5 heteroatoms. The first-order valence-electron chi connectivity index (χ1n) is 9.01. The summed E-state index contributed by atoms with van der Waals surface area (Å²) in [5, 5.41) is 0. The summed E-state index contributed by atoms with van der Waals surface area (Å²) in [7, 11) is 0. The molecule has 0 aliphatic carbocycles. The van der Waals surface area contributed by atoms with E-state index in [9.17, 15) is 14.4 Å². The van der Waals surface area contributed by atoms with Gasteiger partial charge in [0.2, 0.25) is 0 Å². The zero-order valence-electron chi connectivity index (χ0n) is 15.7. The van der Waals surface area contributed by atoms with Crippen molar-refractivity contribution in [2.24, 2.45) is 0 Å². The molecule has 0 unspecified atom stereocenters. The molecule has 0 saturated heterocycles. The summed E-state index contributed by atoms with van der Waals surface area (Å²) in [5.41, 5.74) is 2.06. The molecule has 0 atom stereocenters. The van der Waals surface area contributed by atoms with E-state index in [1.165, 1.54) is 0 Å². The fourth-order valence-corrected chi connectivity index (χ4v) is 2.36. The molecule has 0 aliphatic rings. The number of hydrogen-bond acceptors (Lipinski definition) is 5. The quantitative estimate of drug-likeness (QED) is 0.465. The fraction of sp³-hybridized carbons (Fsp3) is 0.318. The molecule has 142 valence electrons. The lowest BCUT2D eigenvalue weighted by molar-refractivity contribution is -0.142. The first kappa shape index (κ1) is 20.4. The van der Waals surface area contributed by atoms with Gasteiger partial charge in [0.15, 0.2) is 18.2 Å². The number of esters is 1. The first-order valence-corrected chi connectivity index (χ1v) is 9.01. The molecule has 2 rings (SSSR count). The Morgan fingerprint density at radius 3 is 2.04 bits per heavy atom. The average molecular weight is 368 g/mol. The number of ether oxygens (including phenoxy) is 2. The van der Waals surface area contributed by atoms with E-state index in [1.807, 2.05) is 26.0 Å². The molecule has 0 aromatic heterocycles. The highest BCUT2D eigenvalue weighted by Gasteiger charge is 2.13. The van der Waals surface area contributed by atoms with Gasteiger partial charge < -0.3 is 9.47 Å². The van der Waals surface area contributed by atoms with Crippen molar-refractivity contribution < 1.29 is 23.9 Å². The van der Waals surface area contributed by atoms with Gasteiger partial charge in [-0.2, -0.15) is 0 Å². The van der Waals surface area contributed by atoms with Crippen LogP contribution in [0.2, 0.25) is 0 Å². The zero-order chi connectivity index (χ0) is 19.6. The fourth-order valence-electron chi connectivity index (χ4n) is 2.36. The third-order valence-electron chi connectivity index (χ3n) is 3.94. The van der Waals surface area contributed by atoms with Crippen molar-refractivity contribution in [2.45, 2.75) is 33.1 Å². The van der Waals surface area contributed by atoms with E-state index in [0.717, 1.165) is 12.0 Å². The number of aryl methyl sites for hydroxylation is 1. The second-order valence-electron chi connectivity index (χ2n) is 6.25. The lowest BCUT2D eigenvalue weighted by atomic mass is 10.1. The summed E-state index contributed by atoms with van der Waals surface area (Å²) in [6.45, 7) is 4.25. The molecule has 0 heterocycles. The molecule has 0 spiro atoms. The van der Waals surface area contributed by atoms with Crippen LogP contribution < -0.4 is 4.74 Å². The number of ketones is 2. The molecular formula is C22H24O5. The molecule has 0 fully saturated rings. The maximum atomic E-state index is 12.2. The Hall–Kier alpha value is -2.95. The highest BCUT2D eigenvalue weighted by Crippen LogP contribution is 2.14. The molecule has 0 bridgehead atoms. The molecule has 2 aromatic rings. The molecular weight excluding hydrogens is 344 g/mol. The van der Waals surface area contributed by atoms with Gasteiger partial charge in [-0.3, -0.25) is 14.4 Å². The van der Waals surface area contributed by atoms with Crippen molar-refractivity contribution in [3.8, 4) is 5.75 Å². The molecule has 0 saturated carbocycles. The van der Waals surface area contributed by atoms with Crippen molar-refractivity contribution >= 4 is 17.5 Å². The molecule has 27 heavy (non-hydrogen) atoms. The van der Waals surface area contributed by atoms with Crippen LogP contribution in [-0.2, 0) is 9.53 Å². The Morgan fingerprint density at radius 2 is 1.41 bits per heavy atom. The topological polar surface area (TPSA) is 69.7 Å². The van der Waals surface area contributed by atoms with Crippen LogP contribution in [0.3, 0.4) is 0 Å². The summed E-state index contributed by atoms with van der Waals surface area (Å²) in [4.78, 5) is 35.9. The highest BCUT2D eigenvalue weighted by molar-refractivity contribution is 5.99. The van der Waals surface area contributed by atoms with E-state index in [4.69, 9.17) is 9.47 Å². The zero-order valence-corrected chi connectivity index (χ0v) is 15.7. The van der Waals surface area contributed by atoms with Crippen LogP contribution in [0, 0.1) is 6.92 Å². The maximum absolute atomic E-state index is 12.2. The van der Waals surface area contributed by atoms with Crippen molar-refractivity contribution in [3.05, 3.63) is 65.2 Å². The Bertz CT molecular complexity index is 775. The number of Topliss-reactive ketones (excluding diaryl/α,β-unsaturated/α-hetero) is 2. The predicted octanol–water partition coefficient (Wildman–Crippen LogP) is 4.17. The lowest BCUT2D eigenvalue weighted by Gasteiger charge is -2.06. The third-order valence-corrected chi connectivity index (χ3v) is 3.94. The molecule has 0 amide bonds. The second-order valence-corrected chi connectivity index (χ2v) is 6.25. The van der Waals surface area contributed by atoms with Crippen molar-refractivity contribution in [1.82, 2.24) is 0 Å². The minimum Gasteiger partial charge on any atom is -0.494 e. The number of carbonyl (C=O) groups excluding carboxylic acids is 3. The van der Waals surface area contributed by atoms with E-state index >= 15 is 0 Å². The second kappa shape index (κ2) is 10.3. The standard InChI is InChI=1S/C22H24O5/c1-3-14-26-19-10-8-17(9-11-19)20(23)12-13-22(25)27-15-21(24)18-6-4-16(2)5-7-18/h4-11H,3,12-15H2,1-2H3. The van der Waals surface area contributed by atoms with Gasteiger partial charge in [-0.15, -0.1) is 0 Å². The van der Waals surface area contributed by atoms with Gasteiger partial charge in [0, 0.05) is 17.5 Å². The SMILES string of the molecule is CCCOc1ccc(C(=O)CCC(=O)OCC(=O)c2ccc(C)cc2)cc1. The van der Waals surface area contributed by atoms with Crippen LogP contribution in [-0.4, -0.2) is 30.7 Å². The van der Waals surface area contributed by atoms with Crippen LogP contribution in [0.4, 0.5) is 0 Å². The third kappa shape index (κ3) is 6.70. The Morgan fingerprint density at radius 1 is 0.815 bits per heavy atom. The van der Waals surface area contributed by atoms with E-state index < -0.39 is 5.97 Å². The number of hydrogen-bond donors (Lipinski definition) is 0. The lowest BCUT2D eigenvalue weighted by Crippen LogP contribution is -2.15. The normalized spacial score (nSPS) is 10.3. The van der Waals surface area contributed by atoms with Gasteiger partial charge >= 0.3 is 5.97 Å². The smallest absolute Gasteiger partial charge is 0.306 e. The van der Waals surface area contributed by atoms with Crippen LogP contribution in [0.25, 0.3) is 0 Å². The molecule has 2 aromatic carbocycles. The van der Waals surface area contributed by atoms with Crippen LogP contribution >= 0.6 is 0 Å². The van der Waals surface area contributed by atoms with E-state index in [-0.39, 0.29) is 31.0 Å². The van der Waals surface area contributed by atoms with Crippen LogP contribution in [0.5, 0.6) is 5.75 Å². The predicted molar refractivity (Wildman–Crippen MR) is 102 cm³/mol. The largest absolute Gasteiger partial charge is 0.494 e. The van der Waals surface area contributed by atoms with Gasteiger partial charge in [-0.1, -0.05) is 36.8 Å². The summed E-state index contributed by atoms with van der Waals surface area (Å²) in [6, 6.07) is 13.9. The number of carbonyl (C=O) groups is 3. The highest BCUT2D eigenvalue weighted by atomic mass is 16.5. The van der Waals surface area contributed by atoms with Crippen LogP contribution in [0.15, 0.2) is 48.5 Å².